The van der Waals surface area contributed by atoms with Gasteiger partial charge in [0.1, 0.15) is 11.3 Å². The second-order valence-corrected chi connectivity index (χ2v) is 4.71. The second kappa shape index (κ2) is 9.85. The van der Waals surface area contributed by atoms with Crippen LogP contribution >= 0.6 is 28.7 Å². The summed E-state index contributed by atoms with van der Waals surface area (Å²) in [5, 5.41) is 3.56. The van der Waals surface area contributed by atoms with E-state index in [-0.39, 0.29) is 0 Å². The van der Waals surface area contributed by atoms with E-state index in [4.69, 9.17) is 4.42 Å². The van der Waals surface area contributed by atoms with Gasteiger partial charge in [0.2, 0.25) is 0 Å². The van der Waals surface area contributed by atoms with Gasteiger partial charge in [0, 0.05) is 15.9 Å². The van der Waals surface area contributed by atoms with Crippen molar-refractivity contribution >= 4 is 51.7 Å². The van der Waals surface area contributed by atoms with Crippen LogP contribution in [0.2, 0.25) is 0 Å². The summed E-state index contributed by atoms with van der Waals surface area (Å²) in [6.07, 6.45) is 0.807. The van der Waals surface area contributed by atoms with Gasteiger partial charge in [-0.25, -0.2) is 0 Å². The number of rotatable bonds is 2. The lowest BCUT2D eigenvalue weighted by molar-refractivity contribution is 0.112. The molecule has 0 bridgehead atoms. The molecule has 0 aliphatic heterocycles. The van der Waals surface area contributed by atoms with Crippen molar-refractivity contribution in [2.75, 3.05) is 18.8 Å². The minimum absolute atomic E-state index is 0.594. The highest BCUT2D eigenvalue weighted by Crippen LogP contribution is 2.32. The number of carbonyl (C=O) groups excluding carboxylic acids is 1. The largest absolute Gasteiger partial charge is 0.461 e. The molecule has 1 heterocycles. The molecule has 112 valence electrons. The number of nitrogens with one attached hydrogen (secondary N) is 2. The maximum Gasteiger partial charge on any atom is 0.154 e. The fourth-order valence-corrected chi connectivity index (χ4v) is 2.27. The van der Waals surface area contributed by atoms with E-state index in [2.05, 4.69) is 38.8 Å². The summed E-state index contributed by atoms with van der Waals surface area (Å²) in [4.78, 5) is 10.9. The van der Waals surface area contributed by atoms with Crippen LogP contribution in [0.4, 0.5) is 5.69 Å². The normalized spacial score (nSPS) is 9.15. The van der Waals surface area contributed by atoms with Gasteiger partial charge >= 0.3 is 0 Å². The summed E-state index contributed by atoms with van der Waals surface area (Å²) < 4.78 is 9.04. The summed E-state index contributed by atoms with van der Waals surface area (Å²) in [6.45, 7) is 5.77. The van der Waals surface area contributed by atoms with Gasteiger partial charge < -0.3 is 14.5 Å². The van der Waals surface area contributed by atoms with Gasteiger partial charge in [-0.05, 0) is 43.0 Å². The van der Waals surface area contributed by atoms with Crippen molar-refractivity contribution in [3.05, 3.63) is 27.9 Å². The number of aldehydes is 1. The van der Waals surface area contributed by atoms with Gasteiger partial charge in [-0.3, -0.25) is 4.79 Å². The third kappa shape index (κ3) is 4.54. The van der Waals surface area contributed by atoms with Crippen molar-refractivity contribution in [1.29, 1.82) is 0 Å². The SMILES string of the molecule is CC.CNC.Cc1oc2cc(NS)c(Br)cc2c1C=O. The number of fused-ring (bicyclic) bond motifs is 1. The number of carbonyl (C=O) groups is 1. The maximum atomic E-state index is 10.9. The molecule has 2 rings (SSSR count). The third-order valence-corrected chi connectivity index (χ3v) is 3.14. The van der Waals surface area contributed by atoms with Crippen LogP contribution in [0.1, 0.15) is 30.0 Å². The van der Waals surface area contributed by atoms with E-state index in [0.29, 0.717) is 16.9 Å². The molecule has 0 aliphatic carbocycles. The van der Waals surface area contributed by atoms with Crippen molar-refractivity contribution in [1.82, 2.24) is 5.32 Å². The highest BCUT2D eigenvalue weighted by atomic mass is 79.9. The first-order valence-electron chi connectivity index (χ1n) is 6.25. The first-order chi connectivity index (χ1) is 9.58. The topological polar surface area (TPSA) is 54.3 Å². The van der Waals surface area contributed by atoms with Crippen LogP contribution in [0.15, 0.2) is 21.0 Å². The predicted molar refractivity (Wildman–Crippen MR) is 93.0 cm³/mol. The molecule has 0 unspecified atom stereocenters. The molecule has 0 amide bonds. The molecule has 0 saturated carbocycles. The summed E-state index contributed by atoms with van der Waals surface area (Å²) in [5.74, 6) is 0.628. The van der Waals surface area contributed by atoms with E-state index in [1.165, 1.54) is 0 Å². The average Bonchev–Trinajstić information content (AvgIpc) is 2.75. The Balaban J connectivity index is 0.000000641. The van der Waals surface area contributed by atoms with Crippen molar-refractivity contribution in [2.24, 2.45) is 0 Å². The molecule has 1 aromatic carbocycles. The van der Waals surface area contributed by atoms with Crippen LogP contribution in [-0.2, 0) is 0 Å². The molecule has 0 spiro atoms. The molecule has 2 N–H and O–H groups in total. The van der Waals surface area contributed by atoms with Gasteiger partial charge in [0.25, 0.3) is 0 Å². The zero-order valence-corrected chi connectivity index (χ0v) is 14.9. The first-order valence-corrected chi connectivity index (χ1v) is 7.49. The minimum Gasteiger partial charge on any atom is -0.461 e. The highest BCUT2D eigenvalue weighted by Gasteiger charge is 2.12. The average molecular weight is 361 g/mol. The standard InChI is InChI=1S/C10H8BrNO2S.C2H7N.C2H6/c1-5-7(4-13)6-2-8(11)9(12-15)3-10(6)14-5;1-3-2;1-2/h2-4,12,15H,1H3;3H,1-2H3;1-2H3. The van der Waals surface area contributed by atoms with Crippen LogP contribution < -0.4 is 10.0 Å². The molecule has 6 heteroatoms. The van der Waals surface area contributed by atoms with Crippen LogP contribution in [-0.4, -0.2) is 20.4 Å². The van der Waals surface area contributed by atoms with Crippen molar-refractivity contribution in [3.8, 4) is 0 Å². The lowest BCUT2D eigenvalue weighted by atomic mass is 10.1. The third-order valence-electron chi connectivity index (χ3n) is 2.24. The molecular weight excluding hydrogens is 340 g/mol. The first kappa shape index (κ1) is 19.0. The van der Waals surface area contributed by atoms with Gasteiger partial charge in [-0.15, -0.1) is 0 Å². The summed E-state index contributed by atoms with van der Waals surface area (Å²) in [5.41, 5.74) is 2.07. The number of anilines is 1. The number of aryl methyl sites for hydroxylation is 1. The Hall–Kier alpha value is -0.980. The zero-order chi connectivity index (χ0) is 15.7. The fourth-order valence-electron chi connectivity index (χ4n) is 1.49. The molecular formula is C14H21BrN2O2S. The van der Waals surface area contributed by atoms with E-state index < -0.39 is 0 Å². The Labute approximate surface area is 134 Å². The molecule has 0 saturated heterocycles. The number of benzene rings is 1. The molecule has 0 fully saturated rings. The van der Waals surface area contributed by atoms with E-state index in [1.807, 2.05) is 34.0 Å². The van der Waals surface area contributed by atoms with Crippen LogP contribution in [0, 0.1) is 6.92 Å². The number of thiol groups is 1. The van der Waals surface area contributed by atoms with Gasteiger partial charge in [-0.2, -0.15) is 0 Å². The Morgan fingerprint density at radius 2 is 1.85 bits per heavy atom. The number of hydrogen-bond acceptors (Lipinski definition) is 5. The number of furan rings is 1. The molecule has 0 radical (unpaired) electrons. The highest BCUT2D eigenvalue weighted by molar-refractivity contribution is 9.10. The van der Waals surface area contributed by atoms with Gasteiger partial charge in [-0.1, -0.05) is 26.7 Å². The Morgan fingerprint density at radius 3 is 2.30 bits per heavy atom. The van der Waals surface area contributed by atoms with Crippen LogP contribution in [0.5, 0.6) is 0 Å². The summed E-state index contributed by atoms with van der Waals surface area (Å²) in [7, 11) is 3.75. The van der Waals surface area contributed by atoms with Gasteiger partial charge in [0.15, 0.2) is 6.29 Å². The monoisotopic (exact) mass is 360 g/mol. The molecule has 0 aliphatic rings. The summed E-state index contributed by atoms with van der Waals surface area (Å²) in [6, 6.07) is 3.64. The van der Waals surface area contributed by atoms with Gasteiger partial charge in [0.05, 0.1) is 11.3 Å². The maximum absolute atomic E-state index is 10.9. The Morgan fingerprint density at radius 1 is 1.30 bits per heavy atom. The molecule has 0 atom stereocenters. The van der Waals surface area contributed by atoms with Crippen molar-refractivity contribution in [2.45, 2.75) is 20.8 Å². The smallest absolute Gasteiger partial charge is 0.154 e. The Kier molecular flexibility index (Phi) is 9.37. The van der Waals surface area contributed by atoms with Crippen LogP contribution in [0.3, 0.4) is 0 Å². The molecule has 20 heavy (non-hydrogen) atoms. The minimum atomic E-state index is 0.594. The van der Waals surface area contributed by atoms with Crippen molar-refractivity contribution in [3.63, 3.8) is 0 Å². The van der Waals surface area contributed by atoms with Crippen LogP contribution in [0.25, 0.3) is 11.0 Å². The molecule has 4 nitrogen and oxygen atoms in total. The van der Waals surface area contributed by atoms with Crippen molar-refractivity contribution < 1.29 is 9.21 Å². The number of halogens is 1. The summed E-state index contributed by atoms with van der Waals surface area (Å²) >= 11 is 7.35. The second-order valence-electron chi connectivity index (χ2n) is 3.63. The lowest BCUT2D eigenvalue weighted by Gasteiger charge is -2.01. The fraction of sp³-hybridized carbons (Fsp3) is 0.357. The van der Waals surface area contributed by atoms with E-state index in [1.54, 1.807) is 13.0 Å². The quantitative estimate of drug-likeness (QED) is 0.547. The lowest BCUT2D eigenvalue weighted by Crippen LogP contribution is -1.89. The predicted octanol–water partition coefficient (Wildman–Crippen LogP) is 4.43. The van der Waals surface area contributed by atoms with E-state index in [0.717, 1.165) is 21.8 Å². The zero-order valence-electron chi connectivity index (χ0n) is 12.4. The van der Waals surface area contributed by atoms with E-state index >= 15 is 0 Å². The number of hydrogen-bond donors (Lipinski definition) is 3. The molecule has 1 aromatic heterocycles. The van der Waals surface area contributed by atoms with E-state index in [9.17, 15) is 4.79 Å². The molecule has 2 aromatic rings. The Bertz CT molecular complexity index is 556.